The van der Waals surface area contributed by atoms with Gasteiger partial charge in [-0.1, -0.05) is 23.7 Å². The molecule has 0 saturated carbocycles. The van der Waals surface area contributed by atoms with Gasteiger partial charge in [0.05, 0.1) is 20.6 Å². The van der Waals surface area contributed by atoms with Gasteiger partial charge in [0.25, 0.3) is 0 Å². The van der Waals surface area contributed by atoms with E-state index in [1.807, 2.05) is 36.4 Å². The van der Waals surface area contributed by atoms with Crippen molar-refractivity contribution in [1.82, 2.24) is 0 Å². The third kappa shape index (κ3) is 5.05. The van der Waals surface area contributed by atoms with E-state index in [1.165, 1.54) is 0 Å². The zero-order valence-corrected chi connectivity index (χ0v) is 16.5. The van der Waals surface area contributed by atoms with Crippen LogP contribution in [0.1, 0.15) is 28.4 Å². The molecular weight excluding hydrogens is 376 g/mol. The minimum Gasteiger partial charge on any atom is -0.497 e. The summed E-state index contributed by atoms with van der Waals surface area (Å²) in [4.78, 5) is 12.8. The van der Waals surface area contributed by atoms with Gasteiger partial charge in [-0.05, 0) is 66.2 Å². The van der Waals surface area contributed by atoms with Crippen LogP contribution in [0.3, 0.4) is 0 Å². The number of methoxy groups -OCH3 is 2. The van der Waals surface area contributed by atoms with Crippen LogP contribution in [-0.2, 0) is 0 Å². The van der Waals surface area contributed by atoms with Crippen molar-refractivity contribution >= 4 is 17.4 Å². The summed E-state index contributed by atoms with van der Waals surface area (Å²) >= 11 is 6.01. The Bertz CT molecular complexity index is 903. The molecular formula is C23H21ClO4. The van der Waals surface area contributed by atoms with Crippen molar-refractivity contribution in [2.45, 2.75) is 12.5 Å². The van der Waals surface area contributed by atoms with E-state index in [1.54, 1.807) is 50.6 Å². The molecule has 0 fully saturated rings. The van der Waals surface area contributed by atoms with E-state index < -0.39 is 6.10 Å². The molecule has 3 aromatic carbocycles. The standard InChI is InChI=1S/C23H21ClO4/c1-26-19-9-5-16(6-10-19)22(25)15-23(17-3-7-18(24)8-4-17)28-21-13-11-20(27-2)12-14-21/h3-14,23H,15H2,1-2H3. The molecule has 0 radical (unpaired) electrons. The lowest BCUT2D eigenvalue weighted by Gasteiger charge is -2.19. The van der Waals surface area contributed by atoms with Gasteiger partial charge in [-0.2, -0.15) is 0 Å². The van der Waals surface area contributed by atoms with Gasteiger partial charge in [0.15, 0.2) is 5.78 Å². The van der Waals surface area contributed by atoms with Crippen molar-refractivity contribution in [1.29, 1.82) is 0 Å². The smallest absolute Gasteiger partial charge is 0.166 e. The Morgan fingerprint density at radius 3 is 1.82 bits per heavy atom. The first-order valence-electron chi connectivity index (χ1n) is 8.82. The summed E-state index contributed by atoms with van der Waals surface area (Å²) in [6.07, 6.45) is -0.250. The molecule has 3 rings (SSSR count). The number of hydrogen-bond acceptors (Lipinski definition) is 4. The number of hydrogen-bond donors (Lipinski definition) is 0. The third-order valence-corrected chi connectivity index (χ3v) is 4.61. The molecule has 0 N–H and O–H groups in total. The molecule has 0 aliphatic heterocycles. The fourth-order valence-corrected chi connectivity index (χ4v) is 2.91. The zero-order chi connectivity index (χ0) is 19.9. The van der Waals surface area contributed by atoms with Crippen LogP contribution in [0, 0.1) is 0 Å². The Hall–Kier alpha value is -2.98. The summed E-state index contributed by atoms with van der Waals surface area (Å²) in [6, 6.07) is 21.7. The Morgan fingerprint density at radius 1 is 0.786 bits per heavy atom. The topological polar surface area (TPSA) is 44.8 Å². The van der Waals surface area contributed by atoms with Gasteiger partial charge in [0.1, 0.15) is 23.4 Å². The Kier molecular flexibility index (Phi) is 6.56. The minimum absolute atomic E-state index is 0.0175. The average molecular weight is 397 g/mol. The highest BCUT2D eigenvalue weighted by atomic mass is 35.5. The van der Waals surface area contributed by atoms with E-state index in [0.717, 1.165) is 11.3 Å². The normalized spacial score (nSPS) is 11.5. The van der Waals surface area contributed by atoms with Crippen molar-refractivity contribution in [3.8, 4) is 17.2 Å². The fourth-order valence-electron chi connectivity index (χ4n) is 2.79. The maximum Gasteiger partial charge on any atom is 0.166 e. The molecule has 0 heterocycles. The van der Waals surface area contributed by atoms with E-state index in [2.05, 4.69) is 0 Å². The molecule has 0 amide bonds. The largest absolute Gasteiger partial charge is 0.497 e. The predicted octanol–water partition coefficient (Wildman–Crippen LogP) is 5.75. The van der Waals surface area contributed by atoms with Crippen LogP contribution < -0.4 is 14.2 Å². The molecule has 0 aliphatic rings. The highest BCUT2D eigenvalue weighted by molar-refractivity contribution is 6.30. The number of carbonyl (C=O) groups is 1. The number of ketones is 1. The summed E-state index contributed by atoms with van der Waals surface area (Å²) in [5.74, 6) is 2.09. The van der Waals surface area contributed by atoms with Gasteiger partial charge in [-0.3, -0.25) is 4.79 Å². The molecule has 144 valence electrons. The summed E-state index contributed by atoms with van der Waals surface area (Å²) in [5.41, 5.74) is 1.49. The van der Waals surface area contributed by atoms with Gasteiger partial charge in [-0.25, -0.2) is 0 Å². The van der Waals surface area contributed by atoms with Crippen LogP contribution in [-0.4, -0.2) is 20.0 Å². The number of carbonyl (C=O) groups excluding carboxylic acids is 1. The van der Waals surface area contributed by atoms with E-state index in [0.29, 0.717) is 22.1 Å². The quantitative estimate of drug-likeness (QED) is 0.455. The fraction of sp³-hybridized carbons (Fsp3) is 0.174. The van der Waals surface area contributed by atoms with Gasteiger partial charge < -0.3 is 14.2 Å². The highest BCUT2D eigenvalue weighted by Gasteiger charge is 2.19. The SMILES string of the molecule is COc1ccc(OC(CC(=O)c2ccc(OC)cc2)c2ccc(Cl)cc2)cc1. The molecule has 1 atom stereocenters. The van der Waals surface area contributed by atoms with E-state index >= 15 is 0 Å². The van der Waals surface area contributed by atoms with Crippen LogP contribution in [0.2, 0.25) is 5.02 Å². The second-order valence-corrected chi connectivity index (χ2v) is 6.63. The van der Waals surface area contributed by atoms with Crippen molar-refractivity contribution in [3.05, 3.63) is 88.9 Å². The minimum atomic E-state index is -0.444. The van der Waals surface area contributed by atoms with Gasteiger partial charge in [0.2, 0.25) is 0 Å². The number of ether oxygens (including phenoxy) is 3. The Morgan fingerprint density at radius 2 is 1.29 bits per heavy atom. The highest BCUT2D eigenvalue weighted by Crippen LogP contribution is 2.29. The van der Waals surface area contributed by atoms with Crippen molar-refractivity contribution in [3.63, 3.8) is 0 Å². The van der Waals surface area contributed by atoms with E-state index in [4.69, 9.17) is 25.8 Å². The van der Waals surface area contributed by atoms with Crippen LogP contribution in [0.5, 0.6) is 17.2 Å². The summed E-state index contributed by atoms with van der Waals surface area (Å²) in [6.45, 7) is 0. The first kappa shape index (κ1) is 19.8. The number of benzene rings is 3. The maximum absolute atomic E-state index is 12.8. The molecule has 4 nitrogen and oxygen atoms in total. The summed E-state index contributed by atoms with van der Waals surface area (Å²) in [5, 5.41) is 0.633. The Balaban J connectivity index is 1.82. The number of halogens is 1. The predicted molar refractivity (Wildman–Crippen MR) is 110 cm³/mol. The summed E-state index contributed by atoms with van der Waals surface area (Å²) in [7, 11) is 3.20. The van der Waals surface area contributed by atoms with Gasteiger partial charge >= 0.3 is 0 Å². The van der Waals surface area contributed by atoms with Crippen LogP contribution in [0.25, 0.3) is 0 Å². The lowest BCUT2D eigenvalue weighted by Crippen LogP contribution is -2.13. The molecule has 0 aromatic heterocycles. The van der Waals surface area contributed by atoms with Crippen molar-refractivity contribution in [2.24, 2.45) is 0 Å². The Labute approximate surface area is 169 Å². The first-order valence-corrected chi connectivity index (χ1v) is 9.20. The second kappa shape index (κ2) is 9.29. The second-order valence-electron chi connectivity index (χ2n) is 6.19. The summed E-state index contributed by atoms with van der Waals surface area (Å²) < 4.78 is 16.5. The van der Waals surface area contributed by atoms with Gasteiger partial charge in [-0.15, -0.1) is 0 Å². The van der Waals surface area contributed by atoms with E-state index in [9.17, 15) is 4.79 Å². The average Bonchev–Trinajstić information content (AvgIpc) is 2.74. The van der Waals surface area contributed by atoms with Crippen LogP contribution >= 0.6 is 11.6 Å². The van der Waals surface area contributed by atoms with Gasteiger partial charge in [0, 0.05) is 10.6 Å². The maximum atomic E-state index is 12.8. The molecule has 0 bridgehead atoms. The molecule has 28 heavy (non-hydrogen) atoms. The number of rotatable bonds is 8. The molecule has 0 saturated heterocycles. The van der Waals surface area contributed by atoms with Crippen molar-refractivity contribution < 1.29 is 19.0 Å². The lowest BCUT2D eigenvalue weighted by atomic mass is 10.00. The first-order chi connectivity index (χ1) is 13.6. The van der Waals surface area contributed by atoms with Crippen molar-refractivity contribution in [2.75, 3.05) is 14.2 Å². The molecule has 0 spiro atoms. The monoisotopic (exact) mass is 396 g/mol. The molecule has 5 heteroatoms. The third-order valence-electron chi connectivity index (χ3n) is 4.36. The van der Waals surface area contributed by atoms with Crippen LogP contribution in [0.15, 0.2) is 72.8 Å². The zero-order valence-electron chi connectivity index (χ0n) is 15.7. The molecule has 0 aliphatic carbocycles. The van der Waals surface area contributed by atoms with E-state index in [-0.39, 0.29) is 12.2 Å². The number of Topliss-reactive ketones (excluding diaryl/α,β-unsaturated/α-hetero) is 1. The molecule has 3 aromatic rings. The van der Waals surface area contributed by atoms with Crippen LogP contribution in [0.4, 0.5) is 0 Å². The lowest BCUT2D eigenvalue weighted by molar-refractivity contribution is 0.0906. The molecule has 1 unspecified atom stereocenters.